The molecule has 84 valence electrons. The smallest absolute Gasteiger partial charge is 0.207 e. The van der Waals surface area contributed by atoms with E-state index in [-0.39, 0.29) is 19.0 Å². The van der Waals surface area contributed by atoms with Gasteiger partial charge in [0.1, 0.15) is 0 Å². The number of aryl methyl sites for hydroxylation is 1. The molecule has 1 aliphatic heterocycles. The second-order valence-corrected chi connectivity index (χ2v) is 4.55. The maximum atomic E-state index is 11.2. The molecule has 0 radical (unpaired) electrons. The summed E-state index contributed by atoms with van der Waals surface area (Å²) in [4.78, 5) is 11.2. The number of rotatable bonds is 0. The number of carbonyl (C=O) groups is 1. The van der Waals surface area contributed by atoms with Gasteiger partial charge in [-0.1, -0.05) is 6.92 Å². The van der Waals surface area contributed by atoms with Crippen LogP contribution in [0.15, 0.2) is 12.1 Å². The van der Waals surface area contributed by atoms with Gasteiger partial charge in [0, 0.05) is 0 Å². The van der Waals surface area contributed by atoms with Crippen LogP contribution in [0.1, 0.15) is 30.4 Å². The fraction of sp³-hybridized carbons (Fsp3) is 0.462. The fourth-order valence-corrected chi connectivity index (χ4v) is 2.40. The zero-order valence-electron chi connectivity index (χ0n) is 9.29. The Labute approximate surface area is 94.4 Å². The number of Topliss-reactive ketones (excluding diaryl/α,β-unsaturated/α-hetero) is 1. The summed E-state index contributed by atoms with van der Waals surface area (Å²) in [6.07, 6.45) is 2.29. The van der Waals surface area contributed by atoms with Gasteiger partial charge in [0.15, 0.2) is 24.7 Å². The van der Waals surface area contributed by atoms with Gasteiger partial charge in [-0.05, 0) is 42.0 Å². The first-order chi connectivity index (χ1) is 7.74. The van der Waals surface area contributed by atoms with Gasteiger partial charge in [-0.3, -0.25) is 4.79 Å². The third-order valence-electron chi connectivity index (χ3n) is 3.36. The van der Waals surface area contributed by atoms with Crippen molar-refractivity contribution in [2.24, 2.45) is 0 Å². The Hall–Kier alpha value is -1.51. The molecule has 3 nitrogen and oxygen atoms in total. The first-order valence-corrected chi connectivity index (χ1v) is 5.68. The molecule has 1 heterocycles. The van der Waals surface area contributed by atoms with E-state index in [4.69, 9.17) is 9.47 Å². The van der Waals surface area contributed by atoms with Crippen LogP contribution in [0, 0.1) is 0 Å². The highest BCUT2D eigenvalue weighted by Gasteiger charge is 2.24. The van der Waals surface area contributed by atoms with Gasteiger partial charge in [0.25, 0.3) is 0 Å². The molecule has 0 saturated carbocycles. The van der Waals surface area contributed by atoms with Gasteiger partial charge in [-0.25, -0.2) is 0 Å². The number of benzene rings is 1. The number of hydrogen-bond acceptors (Lipinski definition) is 3. The van der Waals surface area contributed by atoms with E-state index in [2.05, 4.69) is 6.92 Å². The molecule has 0 N–H and O–H groups in total. The van der Waals surface area contributed by atoms with Gasteiger partial charge in [0.05, 0.1) is 0 Å². The van der Waals surface area contributed by atoms with Crippen LogP contribution in [0.4, 0.5) is 0 Å². The molecule has 0 amide bonds. The summed E-state index contributed by atoms with van der Waals surface area (Å²) in [6, 6.07) is 4.08. The van der Waals surface area contributed by atoms with Crippen molar-refractivity contribution in [3.63, 3.8) is 0 Å². The summed E-state index contributed by atoms with van der Waals surface area (Å²) in [5.41, 5.74) is 2.68. The molecule has 1 aromatic rings. The summed E-state index contributed by atoms with van der Waals surface area (Å²) in [6.45, 7) is 2.47. The minimum absolute atomic E-state index is 0.00981. The Balaban J connectivity index is 2.04. The summed E-state index contributed by atoms with van der Waals surface area (Å²) in [5, 5.41) is 0. The van der Waals surface area contributed by atoms with Crippen LogP contribution in [-0.2, 0) is 11.2 Å². The SMILES string of the molecule is CC1CCc2cc3c(cc21)OCC(=O)CO3. The van der Waals surface area contributed by atoms with Crippen molar-refractivity contribution in [2.75, 3.05) is 13.2 Å². The zero-order valence-corrected chi connectivity index (χ0v) is 9.29. The van der Waals surface area contributed by atoms with Crippen LogP contribution in [0.5, 0.6) is 11.5 Å². The number of ether oxygens (including phenoxy) is 2. The van der Waals surface area contributed by atoms with Crippen molar-refractivity contribution < 1.29 is 14.3 Å². The highest BCUT2D eigenvalue weighted by Crippen LogP contribution is 2.40. The third kappa shape index (κ3) is 1.47. The van der Waals surface area contributed by atoms with Gasteiger partial charge in [0.2, 0.25) is 5.78 Å². The van der Waals surface area contributed by atoms with E-state index in [9.17, 15) is 4.79 Å². The van der Waals surface area contributed by atoms with E-state index in [1.165, 1.54) is 17.5 Å². The Morgan fingerprint density at radius 2 is 1.88 bits per heavy atom. The standard InChI is InChI=1S/C13H14O3/c1-8-2-3-9-4-12-13(5-11(8)9)16-7-10(14)6-15-12/h4-5,8H,2-3,6-7H2,1H3. The molecule has 0 spiro atoms. The van der Waals surface area contributed by atoms with Gasteiger partial charge in [-0.15, -0.1) is 0 Å². The van der Waals surface area contributed by atoms with E-state index in [1.807, 2.05) is 12.1 Å². The van der Waals surface area contributed by atoms with Crippen molar-refractivity contribution in [1.82, 2.24) is 0 Å². The first-order valence-electron chi connectivity index (χ1n) is 5.68. The molecule has 2 aliphatic rings. The topological polar surface area (TPSA) is 35.5 Å². The summed E-state index contributed by atoms with van der Waals surface area (Å²) in [5.74, 6) is 2.02. The number of ketones is 1. The van der Waals surface area contributed by atoms with Gasteiger partial charge < -0.3 is 9.47 Å². The van der Waals surface area contributed by atoms with E-state index in [1.54, 1.807) is 0 Å². The number of hydrogen-bond donors (Lipinski definition) is 0. The van der Waals surface area contributed by atoms with Gasteiger partial charge in [-0.2, -0.15) is 0 Å². The molecule has 16 heavy (non-hydrogen) atoms. The molecule has 1 aliphatic carbocycles. The minimum Gasteiger partial charge on any atom is -0.482 e. The van der Waals surface area contributed by atoms with Crippen molar-refractivity contribution in [3.05, 3.63) is 23.3 Å². The van der Waals surface area contributed by atoms with E-state index < -0.39 is 0 Å². The molecule has 1 atom stereocenters. The molecule has 0 aromatic heterocycles. The minimum atomic E-state index is -0.00981. The average molecular weight is 218 g/mol. The molecule has 3 heteroatoms. The molecular weight excluding hydrogens is 204 g/mol. The van der Waals surface area contributed by atoms with Crippen LogP contribution < -0.4 is 9.47 Å². The molecule has 1 unspecified atom stereocenters. The van der Waals surface area contributed by atoms with Crippen LogP contribution in [-0.4, -0.2) is 19.0 Å². The maximum Gasteiger partial charge on any atom is 0.207 e. The Bertz CT molecular complexity index is 451. The average Bonchev–Trinajstić information content (AvgIpc) is 2.53. The number of carbonyl (C=O) groups excluding carboxylic acids is 1. The molecule has 0 fully saturated rings. The molecule has 0 saturated heterocycles. The Kier molecular flexibility index (Phi) is 2.13. The predicted octanol–water partition coefficient (Wildman–Crippen LogP) is 2.08. The molecule has 3 rings (SSSR count). The highest BCUT2D eigenvalue weighted by molar-refractivity contribution is 5.82. The second kappa shape index (κ2) is 3.51. The molecule has 0 bridgehead atoms. The fourth-order valence-electron chi connectivity index (χ4n) is 2.40. The number of fused-ring (bicyclic) bond motifs is 2. The first kappa shape index (κ1) is 9.70. The van der Waals surface area contributed by atoms with E-state index in [0.29, 0.717) is 5.92 Å². The second-order valence-electron chi connectivity index (χ2n) is 4.55. The van der Waals surface area contributed by atoms with Crippen molar-refractivity contribution in [3.8, 4) is 11.5 Å². The van der Waals surface area contributed by atoms with Crippen molar-refractivity contribution in [1.29, 1.82) is 0 Å². The Morgan fingerprint density at radius 1 is 1.19 bits per heavy atom. The predicted molar refractivity (Wildman–Crippen MR) is 59.2 cm³/mol. The van der Waals surface area contributed by atoms with Crippen LogP contribution >= 0.6 is 0 Å². The summed E-state index contributed by atoms with van der Waals surface area (Å²) < 4.78 is 10.9. The van der Waals surface area contributed by atoms with Crippen LogP contribution in [0.2, 0.25) is 0 Å². The third-order valence-corrected chi connectivity index (χ3v) is 3.36. The largest absolute Gasteiger partial charge is 0.482 e. The van der Waals surface area contributed by atoms with E-state index >= 15 is 0 Å². The summed E-state index contributed by atoms with van der Waals surface area (Å²) in [7, 11) is 0. The van der Waals surface area contributed by atoms with Crippen molar-refractivity contribution in [2.45, 2.75) is 25.7 Å². The zero-order chi connectivity index (χ0) is 11.1. The maximum absolute atomic E-state index is 11.2. The summed E-state index contributed by atoms with van der Waals surface area (Å²) >= 11 is 0. The van der Waals surface area contributed by atoms with Gasteiger partial charge >= 0.3 is 0 Å². The molecular formula is C13H14O3. The normalized spacial score (nSPS) is 22.8. The highest BCUT2D eigenvalue weighted by atomic mass is 16.5. The lowest BCUT2D eigenvalue weighted by atomic mass is 10.0. The lowest BCUT2D eigenvalue weighted by Gasteiger charge is -2.11. The quantitative estimate of drug-likeness (QED) is 0.668. The molecule has 1 aromatic carbocycles. The Morgan fingerprint density at radius 3 is 2.62 bits per heavy atom. The lowest BCUT2D eigenvalue weighted by Crippen LogP contribution is -2.15. The van der Waals surface area contributed by atoms with E-state index in [0.717, 1.165) is 17.9 Å². The lowest BCUT2D eigenvalue weighted by molar-refractivity contribution is -0.122. The van der Waals surface area contributed by atoms with Crippen molar-refractivity contribution >= 4 is 5.78 Å². The monoisotopic (exact) mass is 218 g/mol. The van der Waals surface area contributed by atoms with Crippen LogP contribution in [0.25, 0.3) is 0 Å². The van der Waals surface area contributed by atoms with Crippen LogP contribution in [0.3, 0.4) is 0 Å².